The van der Waals surface area contributed by atoms with Gasteiger partial charge in [-0.1, -0.05) is 32.9 Å². The van der Waals surface area contributed by atoms with Crippen molar-refractivity contribution in [3.05, 3.63) is 24.3 Å². The molecule has 0 aromatic heterocycles. The number of para-hydroxylation sites is 2. The maximum Gasteiger partial charge on any atom is 0.241 e. The van der Waals surface area contributed by atoms with E-state index < -0.39 is 0 Å². The number of carbonyl (C=O) groups excluding carboxylic acids is 2. The van der Waals surface area contributed by atoms with Crippen LogP contribution in [-0.2, 0) is 9.59 Å². The predicted octanol–water partition coefficient (Wildman–Crippen LogP) is 2.21. The van der Waals surface area contributed by atoms with Crippen LogP contribution in [0.15, 0.2) is 24.3 Å². The number of nitrogens with one attached hydrogen (secondary N) is 1. The predicted molar refractivity (Wildman–Crippen MR) is 98.7 cm³/mol. The van der Waals surface area contributed by atoms with Crippen LogP contribution in [0.2, 0.25) is 0 Å². The van der Waals surface area contributed by atoms with E-state index >= 15 is 0 Å². The van der Waals surface area contributed by atoms with E-state index in [1.165, 1.54) is 0 Å². The molecule has 1 N–H and O–H groups in total. The summed E-state index contributed by atoms with van der Waals surface area (Å²) < 4.78 is 5.27. The first-order chi connectivity index (χ1) is 11.7. The van der Waals surface area contributed by atoms with Gasteiger partial charge in [0.25, 0.3) is 0 Å². The van der Waals surface area contributed by atoms with E-state index in [0.29, 0.717) is 37.6 Å². The zero-order valence-corrected chi connectivity index (χ0v) is 15.8. The van der Waals surface area contributed by atoms with E-state index in [4.69, 9.17) is 4.74 Å². The third-order valence-corrected chi connectivity index (χ3v) is 4.54. The van der Waals surface area contributed by atoms with Crippen molar-refractivity contribution in [2.45, 2.75) is 33.7 Å². The Bertz CT molecular complexity index is 617. The van der Waals surface area contributed by atoms with Crippen LogP contribution in [0.4, 0.5) is 5.69 Å². The maximum atomic E-state index is 12.6. The van der Waals surface area contributed by atoms with Crippen molar-refractivity contribution in [3.8, 4) is 5.75 Å². The second-order valence-corrected chi connectivity index (χ2v) is 7.44. The lowest BCUT2D eigenvalue weighted by Crippen LogP contribution is -2.55. The lowest BCUT2D eigenvalue weighted by Gasteiger charge is -2.39. The fraction of sp³-hybridized carbons (Fsp3) is 0.579. The summed E-state index contributed by atoms with van der Waals surface area (Å²) in [4.78, 5) is 28.9. The van der Waals surface area contributed by atoms with Crippen molar-refractivity contribution >= 4 is 17.5 Å². The Labute approximate surface area is 150 Å². The minimum atomic E-state index is -0.366. The first kappa shape index (κ1) is 19.2. The average Bonchev–Trinajstić information content (AvgIpc) is 2.60. The second-order valence-electron chi connectivity index (χ2n) is 7.44. The number of ether oxygens (including phenoxy) is 1. The first-order valence-corrected chi connectivity index (χ1v) is 8.71. The Morgan fingerprint density at radius 2 is 1.72 bits per heavy atom. The zero-order valence-electron chi connectivity index (χ0n) is 15.8. The van der Waals surface area contributed by atoms with Crippen LogP contribution in [0, 0.1) is 5.41 Å². The molecule has 1 saturated heterocycles. The molecular weight excluding hydrogens is 318 g/mol. The number of benzene rings is 1. The molecule has 138 valence electrons. The monoisotopic (exact) mass is 347 g/mol. The van der Waals surface area contributed by atoms with Gasteiger partial charge in [0.1, 0.15) is 5.75 Å². The van der Waals surface area contributed by atoms with Crippen LogP contribution in [0.3, 0.4) is 0 Å². The number of methoxy groups -OCH3 is 1. The van der Waals surface area contributed by atoms with Gasteiger partial charge in [-0.3, -0.25) is 14.5 Å². The van der Waals surface area contributed by atoms with Gasteiger partial charge in [0.2, 0.25) is 11.8 Å². The van der Waals surface area contributed by atoms with Gasteiger partial charge in [0, 0.05) is 31.6 Å². The molecular formula is C19H29N3O3. The van der Waals surface area contributed by atoms with E-state index in [-0.39, 0.29) is 23.3 Å². The van der Waals surface area contributed by atoms with Gasteiger partial charge in [-0.2, -0.15) is 0 Å². The molecule has 1 aliphatic heterocycles. The lowest BCUT2D eigenvalue weighted by molar-refractivity contribution is -0.141. The summed E-state index contributed by atoms with van der Waals surface area (Å²) in [6, 6.07) is 7.10. The highest BCUT2D eigenvalue weighted by Crippen LogP contribution is 2.24. The fourth-order valence-electron chi connectivity index (χ4n) is 2.94. The number of rotatable bonds is 4. The molecule has 1 aliphatic rings. The highest BCUT2D eigenvalue weighted by atomic mass is 16.5. The van der Waals surface area contributed by atoms with Gasteiger partial charge in [0.05, 0.1) is 18.8 Å². The Balaban J connectivity index is 1.92. The average molecular weight is 347 g/mol. The van der Waals surface area contributed by atoms with Crippen molar-refractivity contribution in [3.63, 3.8) is 0 Å². The molecule has 1 fully saturated rings. The molecule has 1 aromatic rings. The number of amides is 2. The molecule has 1 atom stereocenters. The van der Waals surface area contributed by atoms with Gasteiger partial charge in [0.15, 0.2) is 0 Å². The molecule has 1 unspecified atom stereocenters. The molecule has 0 saturated carbocycles. The van der Waals surface area contributed by atoms with Gasteiger partial charge >= 0.3 is 0 Å². The number of hydrogen-bond acceptors (Lipinski definition) is 4. The molecule has 0 radical (unpaired) electrons. The number of anilines is 1. The number of hydrogen-bond donors (Lipinski definition) is 1. The molecule has 6 nitrogen and oxygen atoms in total. The first-order valence-electron chi connectivity index (χ1n) is 8.71. The molecule has 0 spiro atoms. The van der Waals surface area contributed by atoms with E-state index in [1.54, 1.807) is 7.11 Å². The highest BCUT2D eigenvalue weighted by molar-refractivity contribution is 5.95. The molecule has 6 heteroatoms. The Kier molecular flexibility index (Phi) is 6.06. The molecule has 2 amide bonds. The van der Waals surface area contributed by atoms with Crippen LogP contribution >= 0.6 is 0 Å². The minimum absolute atomic E-state index is 0.0694. The number of carbonyl (C=O) groups is 2. The second kappa shape index (κ2) is 7.87. The minimum Gasteiger partial charge on any atom is -0.495 e. The zero-order chi connectivity index (χ0) is 18.6. The summed E-state index contributed by atoms with van der Waals surface area (Å²) in [5.74, 6) is 0.738. The number of nitrogens with zero attached hydrogens (tertiary/aromatic N) is 2. The van der Waals surface area contributed by atoms with Crippen molar-refractivity contribution in [2.24, 2.45) is 5.41 Å². The standard InChI is InChI=1S/C19H29N3O3/c1-14(17(23)20-15-8-6-7-9-16(15)25-5)21-10-12-22(13-11-21)18(24)19(2,3)4/h6-9,14H,10-13H2,1-5H3,(H,20,23). The normalized spacial score (nSPS) is 17.1. The molecule has 1 heterocycles. The van der Waals surface area contributed by atoms with Crippen LogP contribution in [0.25, 0.3) is 0 Å². The Morgan fingerprint density at radius 1 is 1.12 bits per heavy atom. The van der Waals surface area contributed by atoms with E-state index in [1.807, 2.05) is 56.9 Å². The van der Waals surface area contributed by atoms with Crippen molar-refractivity contribution in [2.75, 3.05) is 38.6 Å². The van der Waals surface area contributed by atoms with E-state index in [9.17, 15) is 9.59 Å². The topological polar surface area (TPSA) is 61.9 Å². The SMILES string of the molecule is COc1ccccc1NC(=O)C(C)N1CCN(C(=O)C(C)(C)C)CC1. The van der Waals surface area contributed by atoms with Crippen molar-refractivity contribution in [1.82, 2.24) is 9.80 Å². The smallest absolute Gasteiger partial charge is 0.241 e. The van der Waals surface area contributed by atoms with Crippen LogP contribution in [0.5, 0.6) is 5.75 Å². The molecule has 0 bridgehead atoms. The Hall–Kier alpha value is -2.08. The Morgan fingerprint density at radius 3 is 2.28 bits per heavy atom. The molecule has 2 rings (SSSR count). The third-order valence-electron chi connectivity index (χ3n) is 4.54. The summed E-state index contributed by atoms with van der Waals surface area (Å²) >= 11 is 0. The van der Waals surface area contributed by atoms with Crippen LogP contribution in [-0.4, -0.2) is 60.9 Å². The van der Waals surface area contributed by atoms with Gasteiger partial charge < -0.3 is 15.0 Å². The van der Waals surface area contributed by atoms with Crippen molar-refractivity contribution in [1.29, 1.82) is 0 Å². The quantitative estimate of drug-likeness (QED) is 0.907. The third kappa shape index (κ3) is 4.72. The summed E-state index contributed by atoms with van der Waals surface area (Å²) in [6.07, 6.45) is 0. The van der Waals surface area contributed by atoms with Gasteiger partial charge in [-0.25, -0.2) is 0 Å². The van der Waals surface area contributed by atoms with Crippen molar-refractivity contribution < 1.29 is 14.3 Å². The van der Waals surface area contributed by atoms with Gasteiger partial charge in [-0.05, 0) is 19.1 Å². The molecule has 25 heavy (non-hydrogen) atoms. The van der Waals surface area contributed by atoms with Gasteiger partial charge in [-0.15, -0.1) is 0 Å². The summed E-state index contributed by atoms with van der Waals surface area (Å²) in [7, 11) is 1.58. The fourth-order valence-corrected chi connectivity index (χ4v) is 2.94. The number of piperazine rings is 1. The lowest BCUT2D eigenvalue weighted by atomic mass is 9.94. The molecule has 1 aromatic carbocycles. The largest absolute Gasteiger partial charge is 0.495 e. The summed E-state index contributed by atoms with van der Waals surface area (Å²) in [5.41, 5.74) is 0.304. The maximum absolute atomic E-state index is 12.6. The van der Waals surface area contributed by atoms with Crippen LogP contribution < -0.4 is 10.1 Å². The van der Waals surface area contributed by atoms with Crippen LogP contribution in [0.1, 0.15) is 27.7 Å². The highest BCUT2D eigenvalue weighted by Gasteiger charge is 2.32. The molecule has 0 aliphatic carbocycles. The summed E-state index contributed by atoms with van der Waals surface area (Å²) in [5, 5.41) is 2.93. The summed E-state index contributed by atoms with van der Waals surface area (Å²) in [6.45, 7) is 10.4. The van der Waals surface area contributed by atoms with E-state index in [2.05, 4.69) is 10.2 Å². The van der Waals surface area contributed by atoms with E-state index in [0.717, 1.165) is 0 Å².